The molecule has 0 aromatic heterocycles. The summed E-state index contributed by atoms with van der Waals surface area (Å²) < 4.78 is 6.23. The summed E-state index contributed by atoms with van der Waals surface area (Å²) in [5.74, 6) is 1.47. The first-order chi connectivity index (χ1) is 14.0. The molecular weight excluding hydrogens is 376 g/mol. The van der Waals surface area contributed by atoms with Gasteiger partial charge in [-0.15, -0.1) is 0 Å². The van der Waals surface area contributed by atoms with Gasteiger partial charge in [0, 0.05) is 18.4 Å². The zero-order valence-corrected chi connectivity index (χ0v) is 19.5. The van der Waals surface area contributed by atoms with E-state index in [1.807, 2.05) is 13.8 Å². The molecule has 8 atom stereocenters. The van der Waals surface area contributed by atoms with E-state index >= 15 is 0 Å². The molecule has 30 heavy (non-hydrogen) atoms. The van der Waals surface area contributed by atoms with Crippen molar-refractivity contribution in [2.24, 2.45) is 28.6 Å². The minimum atomic E-state index is -0.680. The highest BCUT2D eigenvalue weighted by Gasteiger charge is 2.59. The molecule has 4 aliphatic carbocycles. The van der Waals surface area contributed by atoms with Gasteiger partial charge in [-0.1, -0.05) is 37.1 Å². The number of hydrogen-bond acceptors (Lipinski definition) is 4. The van der Waals surface area contributed by atoms with Gasteiger partial charge in [0.2, 0.25) is 0 Å². The van der Waals surface area contributed by atoms with E-state index in [0.717, 1.165) is 6.42 Å². The molecule has 4 rings (SSSR count). The van der Waals surface area contributed by atoms with Gasteiger partial charge in [0.1, 0.15) is 0 Å². The Balaban J connectivity index is 1.53. The predicted octanol–water partition coefficient (Wildman–Crippen LogP) is 4.38. The van der Waals surface area contributed by atoms with Gasteiger partial charge < -0.3 is 20.1 Å². The van der Waals surface area contributed by atoms with Gasteiger partial charge >= 0.3 is 0 Å². The van der Waals surface area contributed by atoms with Crippen LogP contribution >= 0.6 is 0 Å². The Kier molecular flexibility index (Phi) is 5.79. The Morgan fingerprint density at radius 3 is 2.57 bits per heavy atom. The van der Waals surface area contributed by atoms with Crippen LogP contribution in [-0.4, -0.2) is 45.8 Å². The van der Waals surface area contributed by atoms with Crippen LogP contribution in [0.4, 0.5) is 0 Å². The van der Waals surface area contributed by atoms with Crippen LogP contribution in [0.15, 0.2) is 23.3 Å². The molecule has 4 heteroatoms. The van der Waals surface area contributed by atoms with E-state index in [9.17, 15) is 15.3 Å². The molecule has 0 spiro atoms. The van der Waals surface area contributed by atoms with Crippen molar-refractivity contribution in [3.8, 4) is 0 Å². The fraction of sp³-hybridized carbons (Fsp3) is 0.846. The summed E-state index contributed by atoms with van der Waals surface area (Å²) in [7, 11) is 0. The first-order valence-electron chi connectivity index (χ1n) is 12.1. The van der Waals surface area contributed by atoms with E-state index in [1.54, 1.807) is 0 Å². The number of aliphatic hydroxyl groups excluding tert-OH is 2. The summed E-state index contributed by atoms with van der Waals surface area (Å²) in [5.41, 5.74) is 2.11. The van der Waals surface area contributed by atoms with Crippen molar-refractivity contribution in [3.05, 3.63) is 23.3 Å². The Hall–Kier alpha value is -0.680. The van der Waals surface area contributed by atoms with Crippen molar-refractivity contribution in [2.75, 3.05) is 6.61 Å². The third-order valence-electron chi connectivity index (χ3n) is 9.38. The molecule has 0 radical (unpaired) electrons. The van der Waals surface area contributed by atoms with Crippen LogP contribution in [0.1, 0.15) is 79.6 Å². The summed E-state index contributed by atoms with van der Waals surface area (Å²) in [6.07, 6.45) is 10.4. The van der Waals surface area contributed by atoms with E-state index < -0.39 is 17.8 Å². The molecular formula is C26H42O4. The van der Waals surface area contributed by atoms with Crippen molar-refractivity contribution in [1.29, 1.82) is 0 Å². The Bertz CT molecular complexity index is 719. The Labute approximate surface area is 182 Å². The number of ether oxygens (including phenoxy) is 1. The molecule has 8 unspecified atom stereocenters. The molecule has 0 amide bonds. The molecule has 0 bridgehead atoms. The van der Waals surface area contributed by atoms with Gasteiger partial charge in [-0.3, -0.25) is 0 Å². The number of hydrogen-bond donors (Lipinski definition) is 3. The second-order valence-corrected chi connectivity index (χ2v) is 11.7. The molecule has 3 N–H and O–H groups in total. The molecule has 0 heterocycles. The first-order valence-corrected chi connectivity index (χ1v) is 12.1. The fourth-order valence-electron chi connectivity index (χ4n) is 7.47. The summed E-state index contributed by atoms with van der Waals surface area (Å²) in [4.78, 5) is 0. The van der Waals surface area contributed by atoms with Crippen molar-refractivity contribution in [1.82, 2.24) is 0 Å². The van der Waals surface area contributed by atoms with E-state index in [-0.39, 0.29) is 16.9 Å². The zero-order chi connectivity index (χ0) is 21.9. The van der Waals surface area contributed by atoms with Crippen molar-refractivity contribution < 1.29 is 20.1 Å². The zero-order valence-electron chi connectivity index (χ0n) is 19.5. The maximum absolute atomic E-state index is 11.0. The molecule has 0 aliphatic heterocycles. The van der Waals surface area contributed by atoms with Gasteiger partial charge in [-0.25, -0.2) is 0 Å². The highest BCUT2D eigenvalue weighted by Crippen LogP contribution is 2.65. The Morgan fingerprint density at radius 2 is 1.87 bits per heavy atom. The molecule has 170 valence electrons. The SMILES string of the molecule is CC(OCCC(C)(C)O)C1CCC2C3=CC=C4CC(O)CC(O)C4(C)C3CCC21C. The second-order valence-electron chi connectivity index (χ2n) is 11.7. The first kappa shape index (κ1) is 22.5. The van der Waals surface area contributed by atoms with Crippen LogP contribution in [0, 0.1) is 28.6 Å². The van der Waals surface area contributed by atoms with Crippen LogP contribution in [0.2, 0.25) is 0 Å². The summed E-state index contributed by atoms with van der Waals surface area (Å²) in [6.45, 7) is 11.2. The van der Waals surface area contributed by atoms with E-state index in [4.69, 9.17) is 4.74 Å². The summed E-state index contributed by atoms with van der Waals surface area (Å²) >= 11 is 0. The average Bonchev–Trinajstić information content (AvgIpc) is 2.99. The van der Waals surface area contributed by atoms with Crippen LogP contribution in [-0.2, 0) is 4.74 Å². The second kappa shape index (κ2) is 7.72. The largest absolute Gasteiger partial charge is 0.393 e. The van der Waals surface area contributed by atoms with E-state index in [1.165, 1.54) is 30.4 Å². The fourth-order valence-corrected chi connectivity index (χ4v) is 7.47. The van der Waals surface area contributed by atoms with Gasteiger partial charge in [-0.05, 0) is 82.5 Å². The van der Waals surface area contributed by atoms with Gasteiger partial charge in [0.15, 0.2) is 0 Å². The predicted molar refractivity (Wildman–Crippen MR) is 119 cm³/mol. The minimum absolute atomic E-state index is 0.195. The molecule has 3 fully saturated rings. The molecule has 0 saturated heterocycles. The number of rotatable bonds is 5. The third kappa shape index (κ3) is 3.62. The number of fused-ring (bicyclic) bond motifs is 5. The monoisotopic (exact) mass is 418 g/mol. The van der Waals surface area contributed by atoms with Gasteiger partial charge in [0.25, 0.3) is 0 Å². The molecule has 3 saturated carbocycles. The van der Waals surface area contributed by atoms with Gasteiger partial charge in [-0.2, -0.15) is 0 Å². The normalized spacial score (nSPS) is 44.5. The third-order valence-corrected chi connectivity index (χ3v) is 9.38. The summed E-state index contributed by atoms with van der Waals surface area (Å²) in [6, 6.07) is 0. The summed E-state index contributed by atoms with van der Waals surface area (Å²) in [5, 5.41) is 31.2. The molecule has 0 aromatic carbocycles. The van der Waals surface area contributed by atoms with Crippen LogP contribution in [0.25, 0.3) is 0 Å². The van der Waals surface area contributed by atoms with Gasteiger partial charge in [0.05, 0.1) is 23.9 Å². The van der Waals surface area contributed by atoms with Crippen LogP contribution < -0.4 is 0 Å². The lowest BCUT2D eigenvalue weighted by molar-refractivity contribution is -0.0690. The standard InChI is InChI=1S/C26H42O4/c1-16(30-13-12-24(2,3)29)20-8-9-21-19-7-6-17-14-18(27)15-23(28)26(17,5)22(19)10-11-25(20,21)4/h6-7,16,18,20-23,27-29H,8-15H2,1-5H3. The average molecular weight is 419 g/mol. The molecule has 4 nitrogen and oxygen atoms in total. The quantitative estimate of drug-likeness (QED) is 0.620. The smallest absolute Gasteiger partial charge is 0.0661 e. The van der Waals surface area contributed by atoms with E-state index in [0.29, 0.717) is 43.6 Å². The lowest BCUT2D eigenvalue weighted by atomic mass is 9.49. The van der Waals surface area contributed by atoms with Crippen LogP contribution in [0.3, 0.4) is 0 Å². The lowest BCUT2D eigenvalue weighted by Crippen LogP contribution is -2.52. The number of allylic oxidation sites excluding steroid dienone is 3. The van der Waals surface area contributed by atoms with Crippen molar-refractivity contribution >= 4 is 0 Å². The Morgan fingerprint density at radius 1 is 1.13 bits per heavy atom. The van der Waals surface area contributed by atoms with Crippen LogP contribution in [0.5, 0.6) is 0 Å². The highest BCUT2D eigenvalue weighted by atomic mass is 16.5. The van der Waals surface area contributed by atoms with Crippen molar-refractivity contribution in [2.45, 2.75) is 103 Å². The molecule has 4 aliphatic rings. The topological polar surface area (TPSA) is 69.9 Å². The maximum atomic E-state index is 11.0. The number of aliphatic hydroxyl groups is 3. The highest BCUT2D eigenvalue weighted by molar-refractivity contribution is 5.40. The lowest BCUT2D eigenvalue weighted by Gasteiger charge is -2.56. The van der Waals surface area contributed by atoms with Crippen molar-refractivity contribution in [3.63, 3.8) is 0 Å². The maximum Gasteiger partial charge on any atom is 0.0661 e. The van der Waals surface area contributed by atoms with E-state index in [2.05, 4.69) is 32.9 Å². The molecule has 0 aromatic rings. The minimum Gasteiger partial charge on any atom is -0.393 e.